The summed E-state index contributed by atoms with van der Waals surface area (Å²) in [5, 5.41) is 4.20. The van der Waals surface area contributed by atoms with E-state index in [1.165, 1.54) is 32.9 Å². The van der Waals surface area contributed by atoms with Gasteiger partial charge in [-0.2, -0.15) is 18.3 Å². The Kier molecular flexibility index (Phi) is 4.74. The second kappa shape index (κ2) is 6.77. The first-order chi connectivity index (χ1) is 13.0. The summed E-state index contributed by atoms with van der Waals surface area (Å²) < 4.78 is 38.8. The van der Waals surface area contributed by atoms with Crippen LogP contribution in [0, 0.1) is 13.8 Å². The summed E-state index contributed by atoms with van der Waals surface area (Å²) in [6, 6.07) is 6.00. The quantitative estimate of drug-likeness (QED) is 0.744. The molecule has 1 atom stereocenters. The number of rotatable bonds is 4. The lowest BCUT2D eigenvalue weighted by atomic mass is 9.99. The number of amides is 2. The van der Waals surface area contributed by atoms with Gasteiger partial charge in [0.05, 0.1) is 22.7 Å². The largest absolute Gasteiger partial charge is 0.408 e. The van der Waals surface area contributed by atoms with Gasteiger partial charge in [-0.1, -0.05) is 17.2 Å². The lowest BCUT2D eigenvalue weighted by Gasteiger charge is -2.17. The monoisotopic (exact) mass is 395 g/mol. The summed E-state index contributed by atoms with van der Waals surface area (Å²) in [5.41, 5.74) is 0.859. The first-order valence-corrected chi connectivity index (χ1v) is 8.31. The highest BCUT2D eigenvalue weighted by Gasteiger charge is 2.40. The minimum atomic E-state index is -4.47. The van der Waals surface area contributed by atoms with Crippen molar-refractivity contribution in [2.75, 3.05) is 0 Å². The number of halogens is 3. The number of alkyl halides is 3. The van der Waals surface area contributed by atoms with Crippen LogP contribution in [0.15, 0.2) is 24.3 Å². The molecule has 0 fully saturated rings. The SMILES string of the molecule is Cc1nn(CC(F)(F)F)c(C)c1C(C)C(=O)ON1C(=O)c2ccccc2C1=O. The highest BCUT2D eigenvalue weighted by Crippen LogP contribution is 2.29. The van der Waals surface area contributed by atoms with Gasteiger partial charge in [0.2, 0.25) is 0 Å². The van der Waals surface area contributed by atoms with E-state index in [1.807, 2.05) is 0 Å². The summed E-state index contributed by atoms with van der Waals surface area (Å²) in [4.78, 5) is 42.1. The van der Waals surface area contributed by atoms with Crippen LogP contribution in [0.1, 0.15) is 50.5 Å². The summed E-state index contributed by atoms with van der Waals surface area (Å²) >= 11 is 0. The van der Waals surface area contributed by atoms with E-state index in [2.05, 4.69) is 5.10 Å². The van der Waals surface area contributed by atoms with Crippen LogP contribution in [0.2, 0.25) is 0 Å². The Morgan fingerprint density at radius 1 is 1.14 bits per heavy atom. The minimum absolute atomic E-state index is 0.110. The molecule has 0 bridgehead atoms. The van der Waals surface area contributed by atoms with E-state index in [-0.39, 0.29) is 28.1 Å². The third-order valence-electron chi connectivity index (χ3n) is 4.49. The van der Waals surface area contributed by atoms with Gasteiger partial charge < -0.3 is 4.84 Å². The molecule has 1 aromatic carbocycles. The predicted molar refractivity (Wildman–Crippen MR) is 89.2 cm³/mol. The maximum Gasteiger partial charge on any atom is 0.408 e. The fourth-order valence-electron chi connectivity index (χ4n) is 3.20. The second-order valence-electron chi connectivity index (χ2n) is 6.44. The van der Waals surface area contributed by atoms with Gasteiger partial charge >= 0.3 is 12.1 Å². The van der Waals surface area contributed by atoms with Crippen LogP contribution in [0.3, 0.4) is 0 Å². The number of aryl methyl sites for hydroxylation is 1. The average molecular weight is 395 g/mol. The Hall–Kier alpha value is -3.17. The molecule has 0 spiro atoms. The fourth-order valence-corrected chi connectivity index (χ4v) is 3.20. The molecule has 1 aliphatic heterocycles. The minimum Gasteiger partial charge on any atom is -0.329 e. The number of fused-ring (bicyclic) bond motifs is 1. The lowest BCUT2D eigenvalue weighted by Crippen LogP contribution is -2.34. The van der Waals surface area contributed by atoms with E-state index < -0.39 is 36.4 Å². The number of nitrogens with zero attached hydrogens (tertiary/aromatic N) is 3. The van der Waals surface area contributed by atoms with Crippen molar-refractivity contribution in [2.45, 2.75) is 39.4 Å². The Bertz CT molecular complexity index is 946. The number of carbonyl (C=O) groups excluding carboxylic acids is 3. The molecule has 2 aromatic rings. The highest BCUT2D eigenvalue weighted by atomic mass is 19.4. The first-order valence-electron chi connectivity index (χ1n) is 8.31. The molecule has 10 heteroatoms. The summed E-state index contributed by atoms with van der Waals surface area (Å²) in [5.74, 6) is -3.54. The van der Waals surface area contributed by atoms with E-state index in [0.717, 1.165) is 4.68 Å². The van der Waals surface area contributed by atoms with Crippen molar-refractivity contribution in [3.8, 4) is 0 Å². The molecule has 1 aliphatic rings. The van der Waals surface area contributed by atoms with Crippen LogP contribution in [0.5, 0.6) is 0 Å². The van der Waals surface area contributed by atoms with Gasteiger partial charge in [-0.3, -0.25) is 14.3 Å². The standard InChI is InChI=1S/C18H16F3N3O4/c1-9(14-10(2)22-23(11(14)3)8-18(19,20)21)17(27)28-24-15(25)12-6-4-5-7-13(12)16(24)26/h4-7,9H,8H2,1-3H3. The average Bonchev–Trinajstić information content (AvgIpc) is 3.01. The van der Waals surface area contributed by atoms with Gasteiger partial charge in [0.25, 0.3) is 11.8 Å². The molecule has 1 aromatic heterocycles. The molecule has 2 heterocycles. The van der Waals surface area contributed by atoms with Crippen LogP contribution in [0.25, 0.3) is 0 Å². The van der Waals surface area contributed by atoms with Crippen molar-refractivity contribution in [2.24, 2.45) is 0 Å². The van der Waals surface area contributed by atoms with E-state index >= 15 is 0 Å². The molecule has 2 amide bonds. The molecule has 0 radical (unpaired) electrons. The molecule has 3 rings (SSSR count). The van der Waals surface area contributed by atoms with Crippen LogP contribution >= 0.6 is 0 Å². The number of hydroxylamine groups is 2. The lowest BCUT2D eigenvalue weighted by molar-refractivity contribution is -0.170. The zero-order valence-electron chi connectivity index (χ0n) is 15.2. The Balaban J connectivity index is 1.81. The van der Waals surface area contributed by atoms with Gasteiger partial charge in [-0.15, -0.1) is 0 Å². The molecular formula is C18H16F3N3O4. The summed E-state index contributed by atoms with van der Waals surface area (Å²) in [6.07, 6.45) is -4.47. The first kappa shape index (κ1) is 19.6. The summed E-state index contributed by atoms with van der Waals surface area (Å²) in [6.45, 7) is 3.00. The van der Waals surface area contributed by atoms with Crippen LogP contribution in [-0.2, 0) is 16.2 Å². The Labute approximate surface area is 157 Å². The van der Waals surface area contributed by atoms with Gasteiger partial charge in [0.1, 0.15) is 6.54 Å². The van der Waals surface area contributed by atoms with Crippen molar-refractivity contribution in [3.63, 3.8) is 0 Å². The van der Waals surface area contributed by atoms with Gasteiger partial charge in [0, 0.05) is 11.3 Å². The molecule has 1 unspecified atom stereocenters. The van der Waals surface area contributed by atoms with E-state index in [4.69, 9.17) is 4.84 Å². The maximum atomic E-state index is 12.7. The fraction of sp³-hybridized carbons (Fsp3) is 0.333. The number of imide groups is 1. The normalized spacial score (nSPS) is 15.0. The van der Waals surface area contributed by atoms with Gasteiger partial charge in [-0.05, 0) is 32.9 Å². The summed E-state index contributed by atoms with van der Waals surface area (Å²) in [7, 11) is 0. The molecule has 148 valence electrons. The van der Waals surface area contributed by atoms with Crippen molar-refractivity contribution in [1.29, 1.82) is 0 Å². The molecule has 28 heavy (non-hydrogen) atoms. The molecular weight excluding hydrogens is 379 g/mol. The van der Waals surface area contributed by atoms with Crippen molar-refractivity contribution in [3.05, 3.63) is 52.3 Å². The van der Waals surface area contributed by atoms with Crippen molar-refractivity contribution in [1.82, 2.24) is 14.8 Å². The molecule has 0 N–H and O–H groups in total. The zero-order chi connectivity index (χ0) is 20.8. The predicted octanol–water partition coefficient (Wildman–Crippen LogP) is 2.92. The Morgan fingerprint density at radius 2 is 1.68 bits per heavy atom. The molecule has 0 aliphatic carbocycles. The van der Waals surface area contributed by atoms with Gasteiger partial charge in [0.15, 0.2) is 0 Å². The number of carbonyl (C=O) groups is 3. The number of aromatic nitrogens is 2. The van der Waals surface area contributed by atoms with Crippen LogP contribution in [-0.4, -0.2) is 38.8 Å². The topological polar surface area (TPSA) is 81.5 Å². The number of hydrogen-bond donors (Lipinski definition) is 0. The van der Waals surface area contributed by atoms with E-state index in [1.54, 1.807) is 12.1 Å². The third kappa shape index (κ3) is 3.37. The van der Waals surface area contributed by atoms with Crippen molar-refractivity contribution < 1.29 is 32.4 Å². The number of benzene rings is 1. The highest BCUT2D eigenvalue weighted by molar-refractivity contribution is 6.20. The smallest absolute Gasteiger partial charge is 0.329 e. The second-order valence-corrected chi connectivity index (χ2v) is 6.44. The van der Waals surface area contributed by atoms with E-state index in [0.29, 0.717) is 5.06 Å². The van der Waals surface area contributed by atoms with Crippen LogP contribution in [0.4, 0.5) is 13.2 Å². The molecule has 0 saturated carbocycles. The van der Waals surface area contributed by atoms with Gasteiger partial charge in [-0.25, -0.2) is 4.79 Å². The number of hydrogen-bond acceptors (Lipinski definition) is 5. The molecule has 7 nitrogen and oxygen atoms in total. The van der Waals surface area contributed by atoms with Crippen LogP contribution < -0.4 is 0 Å². The third-order valence-corrected chi connectivity index (χ3v) is 4.49. The maximum absolute atomic E-state index is 12.7. The van der Waals surface area contributed by atoms with Crippen molar-refractivity contribution >= 4 is 17.8 Å². The zero-order valence-corrected chi connectivity index (χ0v) is 15.2. The molecule has 0 saturated heterocycles. The van der Waals surface area contributed by atoms with E-state index in [9.17, 15) is 27.6 Å². The Morgan fingerprint density at radius 3 is 2.18 bits per heavy atom.